The van der Waals surface area contributed by atoms with Crippen LogP contribution < -0.4 is 9.47 Å². The Morgan fingerprint density at radius 2 is 1.46 bits per heavy atom. The van der Waals surface area contributed by atoms with Crippen molar-refractivity contribution >= 4 is 11.8 Å². The lowest BCUT2D eigenvalue weighted by Gasteiger charge is -2.11. The van der Waals surface area contributed by atoms with Gasteiger partial charge in [-0.05, 0) is 42.5 Å². The second-order valence-electron chi connectivity index (χ2n) is 5.99. The lowest BCUT2D eigenvalue weighted by atomic mass is 10.1. The molecule has 5 nitrogen and oxygen atoms in total. The fourth-order valence-electron chi connectivity index (χ4n) is 2.59. The monoisotopic (exact) mass is 376 g/mol. The summed E-state index contributed by atoms with van der Waals surface area (Å²) in [5, 5.41) is 0. The van der Waals surface area contributed by atoms with Crippen molar-refractivity contribution in [2.24, 2.45) is 0 Å². The molecule has 0 bridgehead atoms. The molecule has 0 spiro atoms. The van der Waals surface area contributed by atoms with Crippen molar-refractivity contribution < 1.29 is 23.8 Å². The maximum atomic E-state index is 12.5. The molecule has 0 amide bonds. The summed E-state index contributed by atoms with van der Waals surface area (Å²) < 4.78 is 16.0. The van der Waals surface area contributed by atoms with Gasteiger partial charge in [0.15, 0.2) is 12.4 Å². The molecule has 3 aromatic carbocycles. The minimum Gasteiger partial charge on any atom is -0.497 e. The van der Waals surface area contributed by atoms with Gasteiger partial charge in [0, 0.05) is 11.1 Å². The van der Waals surface area contributed by atoms with E-state index in [9.17, 15) is 9.59 Å². The topological polar surface area (TPSA) is 61.8 Å². The lowest BCUT2D eigenvalue weighted by molar-refractivity contribution is 0.0472. The number of hydrogen-bond acceptors (Lipinski definition) is 5. The normalized spacial score (nSPS) is 10.2. The first-order valence-electron chi connectivity index (χ1n) is 8.77. The smallest absolute Gasteiger partial charge is 0.338 e. The van der Waals surface area contributed by atoms with Crippen LogP contribution in [0.1, 0.15) is 26.3 Å². The third kappa shape index (κ3) is 4.98. The molecule has 0 heterocycles. The maximum absolute atomic E-state index is 12.5. The fraction of sp³-hybridized carbons (Fsp3) is 0.130. The number of benzene rings is 3. The zero-order valence-electron chi connectivity index (χ0n) is 15.5. The van der Waals surface area contributed by atoms with E-state index in [0.717, 1.165) is 0 Å². The molecule has 3 rings (SSSR count). The van der Waals surface area contributed by atoms with Gasteiger partial charge in [-0.25, -0.2) is 4.79 Å². The van der Waals surface area contributed by atoms with Crippen LogP contribution in [0.3, 0.4) is 0 Å². The molecular weight excluding hydrogens is 356 g/mol. The van der Waals surface area contributed by atoms with Gasteiger partial charge in [0.2, 0.25) is 0 Å². The molecule has 142 valence electrons. The molecule has 0 aromatic heterocycles. The third-order valence-electron chi connectivity index (χ3n) is 4.12. The second-order valence-corrected chi connectivity index (χ2v) is 5.99. The molecule has 0 unspecified atom stereocenters. The highest BCUT2D eigenvalue weighted by Crippen LogP contribution is 2.16. The molecule has 5 heteroatoms. The fourth-order valence-corrected chi connectivity index (χ4v) is 2.59. The highest BCUT2D eigenvalue weighted by Gasteiger charge is 2.15. The number of methoxy groups -OCH3 is 1. The van der Waals surface area contributed by atoms with E-state index < -0.39 is 5.97 Å². The molecule has 0 atom stereocenters. The van der Waals surface area contributed by atoms with E-state index in [0.29, 0.717) is 28.2 Å². The molecule has 0 N–H and O–H groups in total. The van der Waals surface area contributed by atoms with Gasteiger partial charge in [-0.3, -0.25) is 4.79 Å². The van der Waals surface area contributed by atoms with Crippen molar-refractivity contribution in [2.75, 3.05) is 13.7 Å². The summed E-state index contributed by atoms with van der Waals surface area (Å²) in [5.41, 5.74) is 1.52. The van der Waals surface area contributed by atoms with Crippen LogP contribution >= 0.6 is 0 Å². The summed E-state index contributed by atoms with van der Waals surface area (Å²) in [6.45, 7) is -0.110. The molecule has 0 saturated carbocycles. The first-order chi connectivity index (χ1) is 13.7. The summed E-state index contributed by atoms with van der Waals surface area (Å²) in [6, 6.07) is 23.0. The number of hydrogen-bond donors (Lipinski definition) is 0. The third-order valence-corrected chi connectivity index (χ3v) is 4.12. The molecule has 28 heavy (non-hydrogen) atoms. The minimum absolute atomic E-state index is 0.224. The molecule has 0 aliphatic rings. The Bertz CT molecular complexity index is 933. The minimum atomic E-state index is -0.561. The Morgan fingerprint density at radius 1 is 0.786 bits per heavy atom. The van der Waals surface area contributed by atoms with Crippen molar-refractivity contribution in [3.05, 3.63) is 95.6 Å². The Kier molecular flexibility index (Phi) is 6.41. The van der Waals surface area contributed by atoms with Crippen LogP contribution in [-0.4, -0.2) is 25.5 Å². The average molecular weight is 376 g/mol. The SMILES string of the molecule is COc1ccc(C(=O)COC(=O)c2ccccc2COc2ccccc2)cc1. The van der Waals surface area contributed by atoms with E-state index in [1.807, 2.05) is 36.4 Å². The summed E-state index contributed by atoms with van der Waals surface area (Å²) in [5.74, 6) is 0.518. The van der Waals surface area contributed by atoms with Crippen LogP contribution in [0, 0.1) is 0 Å². The van der Waals surface area contributed by atoms with E-state index >= 15 is 0 Å². The predicted molar refractivity (Wildman–Crippen MR) is 105 cm³/mol. The lowest BCUT2D eigenvalue weighted by Crippen LogP contribution is -2.16. The largest absolute Gasteiger partial charge is 0.497 e. The van der Waals surface area contributed by atoms with Gasteiger partial charge < -0.3 is 14.2 Å². The van der Waals surface area contributed by atoms with Crippen molar-refractivity contribution in [3.63, 3.8) is 0 Å². The van der Waals surface area contributed by atoms with Crippen LogP contribution in [0.4, 0.5) is 0 Å². The van der Waals surface area contributed by atoms with Gasteiger partial charge in [-0.1, -0.05) is 36.4 Å². The van der Waals surface area contributed by atoms with Crippen molar-refractivity contribution in [2.45, 2.75) is 6.61 Å². The standard InChI is InChI=1S/C23H20O5/c1-26-19-13-11-17(12-14-19)22(24)16-28-23(25)21-10-6-5-7-18(21)15-27-20-8-3-2-4-9-20/h2-14H,15-16H2,1H3. The van der Waals surface area contributed by atoms with Gasteiger partial charge in [0.05, 0.1) is 12.7 Å². The summed E-state index contributed by atoms with van der Waals surface area (Å²) in [7, 11) is 1.55. The Balaban J connectivity index is 1.61. The van der Waals surface area contributed by atoms with Crippen molar-refractivity contribution in [1.29, 1.82) is 0 Å². The quantitative estimate of drug-likeness (QED) is 0.433. The molecule has 0 aliphatic carbocycles. The zero-order chi connectivity index (χ0) is 19.8. The number of Topliss-reactive ketones (excluding diaryl/α,β-unsaturated/α-hetero) is 1. The maximum Gasteiger partial charge on any atom is 0.338 e. The first-order valence-corrected chi connectivity index (χ1v) is 8.77. The van der Waals surface area contributed by atoms with Crippen LogP contribution in [0.5, 0.6) is 11.5 Å². The molecule has 0 saturated heterocycles. The van der Waals surface area contributed by atoms with Gasteiger partial charge in [0.1, 0.15) is 18.1 Å². The number of para-hydroxylation sites is 1. The zero-order valence-corrected chi connectivity index (χ0v) is 15.5. The summed E-state index contributed by atoms with van der Waals surface area (Å²) in [6.07, 6.45) is 0. The van der Waals surface area contributed by atoms with Gasteiger partial charge >= 0.3 is 5.97 Å². The van der Waals surface area contributed by atoms with E-state index in [2.05, 4.69) is 0 Å². The van der Waals surface area contributed by atoms with Crippen LogP contribution in [0.25, 0.3) is 0 Å². The Morgan fingerprint density at radius 3 is 2.18 bits per heavy atom. The summed E-state index contributed by atoms with van der Waals surface area (Å²) in [4.78, 5) is 24.7. The Hall–Kier alpha value is -3.60. The van der Waals surface area contributed by atoms with Crippen LogP contribution in [0.15, 0.2) is 78.9 Å². The number of carbonyl (C=O) groups excluding carboxylic acids is 2. The van der Waals surface area contributed by atoms with E-state index in [4.69, 9.17) is 14.2 Å². The first kappa shape index (κ1) is 19.2. The van der Waals surface area contributed by atoms with Gasteiger partial charge in [-0.2, -0.15) is 0 Å². The van der Waals surface area contributed by atoms with Crippen molar-refractivity contribution in [3.8, 4) is 11.5 Å². The highest BCUT2D eigenvalue weighted by molar-refractivity contribution is 5.99. The van der Waals surface area contributed by atoms with E-state index in [1.54, 1.807) is 49.6 Å². The second kappa shape index (κ2) is 9.37. The van der Waals surface area contributed by atoms with Crippen molar-refractivity contribution in [1.82, 2.24) is 0 Å². The van der Waals surface area contributed by atoms with Gasteiger partial charge in [-0.15, -0.1) is 0 Å². The van der Waals surface area contributed by atoms with Gasteiger partial charge in [0.25, 0.3) is 0 Å². The number of ether oxygens (including phenoxy) is 3. The van der Waals surface area contributed by atoms with E-state index in [-0.39, 0.29) is 19.0 Å². The van der Waals surface area contributed by atoms with Crippen LogP contribution in [0.2, 0.25) is 0 Å². The predicted octanol–water partition coefficient (Wildman–Crippen LogP) is 4.31. The molecule has 0 radical (unpaired) electrons. The average Bonchev–Trinajstić information content (AvgIpc) is 2.76. The molecule has 3 aromatic rings. The molecule has 0 aliphatic heterocycles. The summed E-state index contributed by atoms with van der Waals surface area (Å²) >= 11 is 0. The number of rotatable bonds is 8. The van der Waals surface area contributed by atoms with E-state index in [1.165, 1.54) is 0 Å². The number of esters is 1. The molecular formula is C23H20O5. The van der Waals surface area contributed by atoms with Crippen LogP contribution in [-0.2, 0) is 11.3 Å². The molecule has 0 fully saturated rings. The Labute approximate surface area is 163 Å². The number of ketones is 1. The number of carbonyl (C=O) groups is 2. The highest BCUT2D eigenvalue weighted by atomic mass is 16.5.